The largest absolute Gasteiger partial charge is 0.370 e. The van der Waals surface area contributed by atoms with Crippen LogP contribution < -0.4 is 21.7 Å². The first-order chi connectivity index (χ1) is 10.5. The van der Waals surface area contributed by atoms with E-state index in [1.54, 1.807) is 7.05 Å². The van der Waals surface area contributed by atoms with E-state index >= 15 is 0 Å². The van der Waals surface area contributed by atoms with Crippen molar-refractivity contribution in [1.82, 2.24) is 16.0 Å². The molecule has 0 radical (unpaired) electrons. The fraction of sp³-hybridized carbons (Fsp3) is 0.800. The lowest BCUT2D eigenvalue weighted by Gasteiger charge is -2.17. The van der Waals surface area contributed by atoms with Gasteiger partial charge in [-0.25, -0.2) is 0 Å². The predicted molar refractivity (Wildman–Crippen MR) is 93.3 cm³/mol. The zero-order chi connectivity index (χ0) is 16.8. The molecule has 1 atom stereocenters. The molecule has 0 bridgehead atoms. The minimum atomic E-state index is -0.891. The van der Waals surface area contributed by atoms with Gasteiger partial charge in [-0.15, -0.1) is 12.4 Å². The van der Waals surface area contributed by atoms with Gasteiger partial charge in [-0.3, -0.25) is 14.4 Å². The third-order valence-corrected chi connectivity index (χ3v) is 3.24. The molecule has 136 valence electrons. The summed E-state index contributed by atoms with van der Waals surface area (Å²) in [6.07, 6.45) is 5.39. The fourth-order valence-corrected chi connectivity index (χ4v) is 2.00. The van der Waals surface area contributed by atoms with E-state index in [2.05, 4.69) is 22.9 Å². The molecule has 0 saturated heterocycles. The molecule has 23 heavy (non-hydrogen) atoms. The second-order valence-corrected chi connectivity index (χ2v) is 5.35. The average molecular weight is 351 g/mol. The first-order valence-corrected chi connectivity index (χ1v) is 8.01. The molecule has 0 aromatic carbocycles. The SMILES string of the molecule is CCCCCCCC(=O)N[C@H](CC(N)=O)C(=O)NCCNC.Cl. The van der Waals surface area contributed by atoms with Gasteiger partial charge in [-0.05, 0) is 13.5 Å². The summed E-state index contributed by atoms with van der Waals surface area (Å²) in [7, 11) is 1.77. The highest BCUT2D eigenvalue weighted by Crippen LogP contribution is 2.05. The lowest BCUT2D eigenvalue weighted by Crippen LogP contribution is -2.49. The van der Waals surface area contributed by atoms with Crippen LogP contribution >= 0.6 is 12.4 Å². The van der Waals surface area contributed by atoms with Crippen molar-refractivity contribution in [3.8, 4) is 0 Å². The van der Waals surface area contributed by atoms with E-state index in [1.807, 2.05) is 0 Å². The van der Waals surface area contributed by atoms with Crippen LogP contribution in [0, 0.1) is 0 Å². The van der Waals surface area contributed by atoms with Crippen molar-refractivity contribution in [1.29, 1.82) is 0 Å². The van der Waals surface area contributed by atoms with Crippen LogP contribution in [0.5, 0.6) is 0 Å². The van der Waals surface area contributed by atoms with Crippen LogP contribution in [0.4, 0.5) is 0 Å². The van der Waals surface area contributed by atoms with Crippen LogP contribution in [0.2, 0.25) is 0 Å². The summed E-state index contributed by atoms with van der Waals surface area (Å²) in [5.41, 5.74) is 5.13. The number of carbonyl (C=O) groups excluding carboxylic acids is 3. The molecule has 0 saturated carbocycles. The second-order valence-electron chi connectivity index (χ2n) is 5.35. The van der Waals surface area contributed by atoms with E-state index in [9.17, 15) is 14.4 Å². The Morgan fingerprint density at radius 1 is 1.04 bits per heavy atom. The Bertz CT molecular complexity index is 354. The number of nitrogens with two attached hydrogens (primary N) is 1. The molecule has 0 unspecified atom stereocenters. The van der Waals surface area contributed by atoms with Gasteiger partial charge in [-0.1, -0.05) is 32.6 Å². The summed E-state index contributed by atoms with van der Waals surface area (Å²) in [5, 5.41) is 8.14. The fourth-order valence-electron chi connectivity index (χ4n) is 2.00. The lowest BCUT2D eigenvalue weighted by molar-refractivity contribution is -0.131. The van der Waals surface area contributed by atoms with Gasteiger partial charge in [-0.2, -0.15) is 0 Å². The second kappa shape index (κ2) is 15.6. The number of unbranched alkanes of at least 4 members (excludes halogenated alkanes) is 4. The number of halogens is 1. The summed E-state index contributed by atoms with van der Waals surface area (Å²) in [6, 6.07) is -0.891. The van der Waals surface area contributed by atoms with E-state index in [4.69, 9.17) is 5.73 Å². The van der Waals surface area contributed by atoms with Crippen LogP contribution in [-0.2, 0) is 14.4 Å². The topological polar surface area (TPSA) is 113 Å². The van der Waals surface area contributed by atoms with Gasteiger partial charge >= 0.3 is 0 Å². The summed E-state index contributed by atoms with van der Waals surface area (Å²) in [4.78, 5) is 34.8. The highest BCUT2D eigenvalue weighted by atomic mass is 35.5. The van der Waals surface area contributed by atoms with Gasteiger partial charge in [0, 0.05) is 19.5 Å². The molecule has 0 fully saturated rings. The molecule has 0 aromatic heterocycles. The van der Waals surface area contributed by atoms with E-state index < -0.39 is 11.9 Å². The minimum Gasteiger partial charge on any atom is -0.370 e. The van der Waals surface area contributed by atoms with Crippen molar-refractivity contribution in [3.63, 3.8) is 0 Å². The van der Waals surface area contributed by atoms with Crippen LogP contribution in [0.25, 0.3) is 0 Å². The lowest BCUT2D eigenvalue weighted by atomic mass is 10.1. The van der Waals surface area contributed by atoms with Gasteiger partial charge in [0.1, 0.15) is 6.04 Å². The third kappa shape index (κ3) is 14.0. The predicted octanol–water partition coefficient (Wildman–Crippen LogP) is 0.465. The first kappa shape index (κ1) is 23.9. The Hall–Kier alpha value is -1.34. The molecule has 0 aliphatic rings. The molecule has 0 rings (SSSR count). The molecule has 7 nitrogen and oxygen atoms in total. The Kier molecular flexibility index (Phi) is 16.2. The molecule has 0 aliphatic heterocycles. The van der Waals surface area contributed by atoms with Gasteiger partial charge in [0.05, 0.1) is 6.42 Å². The quantitative estimate of drug-likeness (QED) is 0.361. The molecule has 0 aromatic rings. The number of rotatable bonds is 13. The van der Waals surface area contributed by atoms with Crippen LogP contribution in [0.3, 0.4) is 0 Å². The molecule has 3 amide bonds. The summed E-state index contributed by atoms with van der Waals surface area (Å²) in [6.45, 7) is 3.17. The Balaban J connectivity index is 0. The summed E-state index contributed by atoms with van der Waals surface area (Å²) >= 11 is 0. The first-order valence-electron chi connectivity index (χ1n) is 8.01. The molecule has 0 aliphatic carbocycles. The highest BCUT2D eigenvalue weighted by Gasteiger charge is 2.22. The van der Waals surface area contributed by atoms with E-state index in [0.717, 1.165) is 25.7 Å². The van der Waals surface area contributed by atoms with Gasteiger partial charge < -0.3 is 21.7 Å². The number of hydrogen-bond donors (Lipinski definition) is 4. The molecular formula is C15H31ClN4O3. The number of amides is 3. The monoisotopic (exact) mass is 350 g/mol. The van der Waals surface area contributed by atoms with Crippen LogP contribution in [0.1, 0.15) is 51.9 Å². The van der Waals surface area contributed by atoms with Crippen molar-refractivity contribution in [3.05, 3.63) is 0 Å². The normalized spacial score (nSPS) is 11.2. The van der Waals surface area contributed by atoms with Crippen molar-refractivity contribution in [2.24, 2.45) is 5.73 Å². The Morgan fingerprint density at radius 2 is 1.70 bits per heavy atom. The minimum absolute atomic E-state index is 0. The van der Waals surface area contributed by atoms with E-state index in [0.29, 0.717) is 19.5 Å². The number of likely N-dealkylation sites (N-methyl/N-ethyl adjacent to an activating group) is 1. The zero-order valence-corrected chi connectivity index (χ0v) is 15.0. The number of nitrogens with one attached hydrogen (secondary N) is 3. The number of primary amides is 1. The van der Waals surface area contributed by atoms with Gasteiger partial charge in [0.2, 0.25) is 17.7 Å². The zero-order valence-electron chi connectivity index (χ0n) is 14.2. The number of carbonyl (C=O) groups is 3. The summed E-state index contributed by atoms with van der Waals surface area (Å²) in [5.74, 6) is -1.21. The molecule has 5 N–H and O–H groups in total. The molecule has 8 heteroatoms. The van der Waals surface area contributed by atoms with E-state index in [-0.39, 0.29) is 30.6 Å². The van der Waals surface area contributed by atoms with Crippen molar-refractivity contribution in [2.45, 2.75) is 57.9 Å². The Labute approximate surface area is 144 Å². The van der Waals surface area contributed by atoms with Crippen LogP contribution in [0.15, 0.2) is 0 Å². The molecular weight excluding hydrogens is 320 g/mol. The van der Waals surface area contributed by atoms with Gasteiger partial charge in [0.15, 0.2) is 0 Å². The maximum atomic E-state index is 11.9. The van der Waals surface area contributed by atoms with Crippen molar-refractivity contribution < 1.29 is 14.4 Å². The summed E-state index contributed by atoms with van der Waals surface area (Å²) < 4.78 is 0. The Morgan fingerprint density at radius 3 is 2.26 bits per heavy atom. The average Bonchev–Trinajstić information content (AvgIpc) is 2.46. The van der Waals surface area contributed by atoms with E-state index in [1.165, 1.54) is 6.42 Å². The van der Waals surface area contributed by atoms with Crippen molar-refractivity contribution >= 4 is 30.1 Å². The third-order valence-electron chi connectivity index (χ3n) is 3.24. The molecule has 0 heterocycles. The smallest absolute Gasteiger partial charge is 0.243 e. The maximum Gasteiger partial charge on any atom is 0.243 e. The van der Waals surface area contributed by atoms with Crippen LogP contribution in [-0.4, -0.2) is 43.9 Å². The highest BCUT2D eigenvalue weighted by molar-refractivity contribution is 5.91. The van der Waals surface area contributed by atoms with Crippen molar-refractivity contribution in [2.75, 3.05) is 20.1 Å². The number of hydrogen-bond acceptors (Lipinski definition) is 4. The van der Waals surface area contributed by atoms with Gasteiger partial charge in [0.25, 0.3) is 0 Å². The molecule has 0 spiro atoms. The maximum absolute atomic E-state index is 11.9. The standard InChI is InChI=1S/C15H30N4O3.ClH/c1-3-4-5-6-7-8-14(21)19-12(11-13(16)20)15(22)18-10-9-17-2;/h12,17H,3-11H2,1-2H3,(H2,16,20)(H,18,22)(H,19,21);1H/t12-;/m1./s1.